The molecule has 2 heterocycles. The van der Waals surface area contributed by atoms with Gasteiger partial charge in [0.25, 0.3) is 0 Å². The highest BCUT2D eigenvalue weighted by Crippen LogP contribution is 2.43. The van der Waals surface area contributed by atoms with Crippen molar-refractivity contribution in [1.29, 1.82) is 0 Å². The van der Waals surface area contributed by atoms with Gasteiger partial charge in [-0.15, -0.1) is 0 Å². The van der Waals surface area contributed by atoms with Gasteiger partial charge in [0.05, 0.1) is 22.1 Å². The van der Waals surface area contributed by atoms with Crippen LogP contribution in [0.25, 0.3) is 98.1 Å². The van der Waals surface area contributed by atoms with Gasteiger partial charge in [-0.1, -0.05) is 121 Å². The Morgan fingerprint density at radius 3 is 1.56 bits per heavy atom. The lowest BCUT2D eigenvalue weighted by molar-refractivity contribution is 1.17. The molecular formula is C46H28N2. The molecule has 0 radical (unpaired) electrons. The van der Waals surface area contributed by atoms with Crippen LogP contribution < -0.4 is 0 Å². The summed E-state index contributed by atoms with van der Waals surface area (Å²) in [6.45, 7) is 0. The maximum Gasteiger partial charge on any atom is 0.0619 e. The van der Waals surface area contributed by atoms with E-state index in [1.54, 1.807) is 0 Å². The fraction of sp³-hybridized carbons (Fsp3) is 0. The van der Waals surface area contributed by atoms with Crippen LogP contribution in [0.4, 0.5) is 0 Å². The van der Waals surface area contributed by atoms with Gasteiger partial charge in [-0.25, -0.2) is 0 Å². The molecule has 222 valence electrons. The van der Waals surface area contributed by atoms with Crippen LogP contribution >= 0.6 is 0 Å². The second-order valence-corrected chi connectivity index (χ2v) is 12.9. The molecule has 0 saturated heterocycles. The van der Waals surface area contributed by atoms with Gasteiger partial charge in [-0.3, -0.25) is 0 Å². The summed E-state index contributed by atoms with van der Waals surface area (Å²) in [7, 11) is 0. The molecule has 0 atom stereocenters. The summed E-state index contributed by atoms with van der Waals surface area (Å²) in [5, 5.41) is 15.3. The van der Waals surface area contributed by atoms with Crippen molar-refractivity contribution >= 4 is 86.7 Å². The Morgan fingerprint density at radius 1 is 0.250 bits per heavy atom. The Kier molecular flexibility index (Phi) is 5.14. The van der Waals surface area contributed by atoms with Crippen LogP contribution in [-0.2, 0) is 0 Å². The van der Waals surface area contributed by atoms with Crippen molar-refractivity contribution in [1.82, 2.24) is 9.13 Å². The topological polar surface area (TPSA) is 9.86 Å². The fourth-order valence-electron chi connectivity index (χ4n) is 8.40. The number of aromatic nitrogens is 2. The predicted octanol–water partition coefficient (Wildman–Crippen LogP) is 12.5. The van der Waals surface area contributed by atoms with Gasteiger partial charge in [0.15, 0.2) is 0 Å². The van der Waals surface area contributed by atoms with E-state index in [1.807, 2.05) is 0 Å². The first-order valence-electron chi connectivity index (χ1n) is 16.6. The van der Waals surface area contributed by atoms with E-state index in [9.17, 15) is 0 Å². The first kappa shape index (κ1) is 25.8. The molecule has 11 rings (SSSR count). The first-order valence-corrected chi connectivity index (χ1v) is 16.6. The summed E-state index contributed by atoms with van der Waals surface area (Å²) < 4.78 is 4.91. The third-order valence-corrected chi connectivity index (χ3v) is 10.4. The van der Waals surface area contributed by atoms with Gasteiger partial charge < -0.3 is 9.13 Å². The number of benzene rings is 9. The summed E-state index contributed by atoms with van der Waals surface area (Å²) in [6, 6.07) is 62.5. The monoisotopic (exact) mass is 608 g/mol. The predicted molar refractivity (Wildman–Crippen MR) is 205 cm³/mol. The number of fused-ring (bicyclic) bond motifs is 14. The molecule has 0 amide bonds. The lowest BCUT2D eigenvalue weighted by atomic mass is 9.93. The molecule has 2 aromatic heterocycles. The highest BCUT2D eigenvalue weighted by atomic mass is 15.0. The van der Waals surface area contributed by atoms with E-state index in [4.69, 9.17) is 0 Å². The first-order chi connectivity index (χ1) is 23.8. The molecule has 0 aliphatic heterocycles. The second kappa shape index (κ2) is 9.57. The van der Waals surface area contributed by atoms with Gasteiger partial charge in [0.1, 0.15) is 0 Å². The Balaban J connectivity index is 1.32. The minimum Gasteiger partial charge on any atom is -0.309 e. The molecule has 0 aliphatic rings. The van der Waals surface area contributed by atoms with Crippen LogP contribution in [0.15, 0.2) is 170 Å². The van der Waals surface area contributed by atoms with Gasteiger partial charge in [0, 0.05) is 38.3 Å². The van der Waals surface area contributed by atoms with Crippen molar-refractivity contribution in [3.8, 4) is 11.4 Å². The summed E-state index contributed by atoms with van der Waals surface area (Å²) in [5.74, 6) is 0. The summed E-state index contributed by atoms with van der Waals surface area (Å²) in [4.78, 5) is 0. The lowest BCUT2D eigenvalue weighted by Gasteiger charge is -2.13. The lowest BCUT2D eigenvalue weighted by Crippen LogP contribution is -1.96. The maximum atomic E-state index is 2.52. The van der Waals surface area contributed by atoms with E-state index < -0.39 is 0 Å². The molecule has 11 aromatic rings. The number of hydrogen-bond acceptors (Lipinski definition) is 0. The minimum absolute atomic E-state index is 1.17. The number of para-hydroxylation sites is 2. The zero-order valence-electron chi connectivity index (χ0n) is 26.1. The van der Waals surface area contributed by atoms with Gasteiger partial charge in [0.2, 0.25) is 0 Å². The third kappa shape index (κ3) is 3.41. The van der Waals surface area contributed by atoms with Crippen molar-refractivity contribution in [2.45, 2.75) is 0 Å². The molecular weight excluding hydrogens is 581 g/mol. The van der Waals surface area contributed by atoms with Crippen LogP contribution in [0, 0.1) is 0 Å². The maximum absolute atomic E-state index is 2.52. The fourth-order valence-corrected chi connectivity index (χ4v) is 8.40. The normalized spacial score (nSPS) is 12.2. The van der Waals surface area contributed by atoms with Gasteiger partial charge in [-0.05, 0) is 86.2 Å². The zero-order chi connectivity index (χ0) is 31.3. The smallest absolute Gasteiger partial charge is 0.0619 e. The summed E-state index contributed by atoms with van der Waals surface area (Å²) in [6.07, 6.45) is 0. The Morgan fingerprint density at radius 2 is 0.812 bits per heavy atom. The largest absolute Gasteiger partial charge is 0.309 e. The molecule has 0 aliphatic carbocycles. The van der Waals surface area contributed by atoms with Crippen molar-refractivity contribution in [3.63, 3.8) is 0 Å². The van der Waals surface area contributed by atoms with E-state index in [0.29, 0.717) is 0 Å². The molecule has 0 fully saturated rings. The van der Waals surface area contributed by atoms with E-state index in [0.717, 1.165) is 0 Å². The number of hydrogen-bond donors (Lipinski definition) is 0. The molecule has 0 saturated carbocycles. The summed E-state index contributed by atoms with van der Waals surface area (Å²) >= 11 is 0. The quantitative estimate of drug-likeness (QED) is 0.173. The number of rotatable bonds is 2. The van der Waals surface area contributed by atoms with Gasteiger partial charge >= 0.3 is 0 Å². The van der Waals surface area contributed by atoms with Crippen molar-refractivity contribution in [3.05, 3.63) is 170 Å². The number of nitrogens with zero attached hydrogens (tertiary/aromatic N) is 2. The minimum atomic E-state index is 1.17. The van der Waals surface area contributed by atoms with Crippen molar-refractivity contribution in [2.24, 2.45) is 0 Å². The third-order valence-electron chi connectivity index (χ3n) is 10.4. The molecule has 2 heteroatoms. The molecule has 9 aromatic carbocycles. The van der Waals surface area contributed by atoms with Crippen LogP contribution in [0.5, 0.6) is 0 Å². The zero-order valence-corrected chi connectivity index (χ0v) is 26.1. The molecule has 0 N–H and O–H groups in total. The molecule has 0 unspecified atom stereocenters. The van der Waals surface area contributed by atoms with Crippen LogP contribution in [0.3, 0.4) is 0 Å². The highest BCUT2D eigenvalue weighted by molar-refractivity contribution is 6.30. The SMILES string of the molecule is c1ccc(-n2c3ccccc3c3cc(-n4c5cc6c7ccccc7c7ccccc7c6cc5c5ccc6ccccc6c54)ccc32)cc1. The van der Waals surface area contributed by atoms with Gasteiger partial charge in [-0.2, -0.15) is 0 Å². The van der Waals surface area contributed by atoms with Crippen molar-refractivity contribution < 1.29 is 0 Å². The molecule has 0 bridgehead atoms. The molecule has 0 spiro atoms. The highest BCUT2D eigenvalue weighted by Gasteiger charge is 2.20. The Bertz CT molecular complexity index is 3100. The average Bonchev–Trinajstić information content (AvgIpc) is 3.67. The van der Waals surface area contributed by atoms with Crippen molar-refractivity contribution in [2.75, 3.05) is 0 Å². The average molecular weight is 609 g/mol. The van der Waals surface area contributed by atoms with E-state index in [-0.39, 0.29) is 0 Å². The second-order valence-electron chi connectivity index (χ2n) is 12.9. The van der Waals surface area contributed by atoms with E-state index >= 15 is 0 Å². The van der Waals surface area contributed by atoms with Crippen LogP contribution in [0.1, 0.15) is 0 Å². The standard InChI is InChI=1S/C46H28N2/c1-2-13-30(14-3-1)47-43-21-11-10-20-37(43)41-26-31(23-25-44(41)47)48-45-28-40-36-19-9-7-17-34(36)33-16-6-8-18-35(33)39(40)27-42(45)38-24-22-29-12-4-5-15-32(29)46(38)48/h1-28H. The van der Waals surface area contributed by atoms with E-state index in [1.165, 1.54) is 98.1 Å². The van der Waals surface area contributed by atoms with Crippen LogP contribution in [0.2, 0.25) is 0 Å². The Hall–Kier alpha value is -6.38. The summed E-state index contributed by atoms with van der Waals surface area (Å²) in [5.41, 5.74) is 7.23. The molecule has 2 nitrogen and oxygen atoms in total. The Labute approximate surface area is 276 Å². The molecule has 48 heavy (non-hydrogen) atoms. The van der Waals surface area contributed by atoms with E-state index in [2.05, 4.69) is 179 Å². The van der Waals surface area contributed by atoms with Crippen LogP contribution in [-0.4, -0.2) is 9.13 Å².